The summed E-state index contributed by atoms with van der Waals surface area (Å²) in [5.74, 6) is -1.42. The molecule has 1 aromatic carbocycles. The van der Waals surface area contributed by atoms with E-state index in [1.54, 1.807) is 31.4 Å². The molecule has 7 heteroatoms. The third-order valence-corrected chi connectivity index (χ3v) is 3.23. The fourth-order valence-corrected chi connectivity index (χ4v) is 1.84. The SMILES string of the molecule is C=C(C)C(=O)OCCC(OC)C(=O)OC(=O)Cc1ccc(OC)cc1. The highest BCUT2D eigenvalue weighted by molar-refractivity contribution is 5.89. The van der Waals surface area contributed by atoms with Gasteiger partial charge >= 0.3 is 17.9 Å². The van der Waals surface area contributed by atoms with E-state index in [-0.39, 0.29) is 25.0 Å². The van der Waals surface area contributed by atoms with Crippen LogP contribution in [0, 0.1) is 0 Å². The molecular weight excluding hydrogens is 328 g/mol. The fraction of sp³-hybridized carbons (Fsp3) is 0.389. The Morgan fingerprint density at radius 1 is 1.12 bits per heavy atom. The second kappa shape index (κ2) is 10.2. The molecule has 1 rings (SSSR count). The van der Waals surface area contributed by atoms with Crippen molar-refractivity contribution in [2.45, 2.75) is 25.9 Å². The van der Waals surface area contributed by atoms with Crippen molar-refractivity contribution in [3.8, 4) is 5.75 Å². The summed E-state index contributed by atoms with van der Waals surface area (Å²) in [4.78, 5) is 35.0. The van der Waals surface area contributed by atoms with E-state index in [0.717, 1.165) is 0 Å². The number of benzene rings is 1. The molecule has 0 bridgehead atoms. The van der Waals surface area contributed by atoms with Gasteiger partial charge < -0.3 is 18.9 Å². The largest absolute Gasteiger partial charge is 0.497 e. The molecule has 1 atom stereocenters. The van der Waals surface area contributed by atoms with Gasteiger partial charge in [-0.25, -0.2) is 9.59 Å². The lowest BCUT2D eigenvalue weighted by atomic mass is 10.1. The highest BCUT2D eigenvalue weighted by Gasteiger charge is 2.23. The number of hydrogen-bond donors (Lipinski definition) is 0. The standard InChI is InChI=1S/C18H22O7/c1-12(2)17(20)24-10-9-15(23-4)18(21)25-16(19)11-13-5-7-14(22-3)8-6-13/h5-8,15H,1,9-11H2,2-4H3. The van der Waals surface area contributed by atoms with Crippen molar-refractivity contribution in [3.05, 3.63) is 42.0 Å². The van der Waals surface area contributed by atoms with Crippen LogP contribution >= 0.6 is 0 Å². The molecule has 0 spiro atoms. The van der Waals surface area contributed by atoms with Gasteiger partial charge in [0.2, 0.25) is 0 Å². The monoisotopic (exact) mass is 350 g/mol. The third kappa shape index (κ3) is 7.17. The highest BCUT2D eigenvalue weighted by Crippen LogP contribution is 2.12. The summed E-state index contributed by atoms with van der Waals surface area (Å²) < 4.78 is 19.7. The Morgan fingerprint density at radius 2 is 1.76 bits per heavy atom. The molecule has 0 saturated carbocycles. The van der Waals surface area contributed by atoms with Crippen LogP contribution in [-0.2, 0) is 35.0 Å². The third-order valence-electron chi connectivity index (χ3n) is 3.23. The van der Waals surface area contributed by atoms with Crippen LogP contribution in [0.2, 0.25) is 0 Å². The van der Waals surface area contributed by atoms with Crippen molar-refractivity contribution in [3.63, 3.8) is 0 Å². The molecule has 0 aliphatic rings. The molecule has 0 aliphatic heterocycles. The maximum absolute atomic E-state index is 11.9. The van der Waals surface area contributed by atoms with Crippen LogP contribution < -0.4 is 4.74 Å². The minimum absolute atomic E-state index is 0.0496. The van der Waals surface area contributed by atoms with E-state index in [4.69, 9.17) is 18.9 Å². The van der Waals surface area contributed by atoms with Crippen LogP contribution in [0.4, 0.5) is 0 Å². The molecule has 0 N–H and O–H groups in total. The molecule has 1 unspecified atom stereocenters. The zero-order valence-electron chi connectivity index (χ0n) is 14.6. The zero-order valence-corrected chi connectivity index (χ0v) is 14.6. The lowest BCUT2D eigenvalue weighted by molar-refractivity contribution is -0.168. The average Bonchev–Trinajstić information content (AvgIpc) is 2.58. The first-order chi connectivity index (χ1) is 11.9. The summed E-state index contributed by atoms with van der Waals surface area (Å²) in [5, 5.41) is 0. The molecule has 0 saturated heterocycles. The van der Waals surface area contributed by atoms with Crippen molar-refractivity contribution in [2.75, 3.05) is 20.8 Å². The molecule has 0 radical (unpaired) electrons. The molecule has 0 aromatic heterocycles. The van der Waals surface area contributed by atoms with Crippen LogP contribution in [0.3, 0.4) is 0 Å². The van der Waals surface area contributed by atoms with Gasteiger partial charge in [-0.15, -0.1) is 0 Å². The smallest absolute Gasteiger partial charge is 0.343 e. The first kappa shape index (κ1) is 20.4. The van der Waals surface area contributed by atoms with Gasteiger partial charge in [0.1, 0.15) is 5.75 Å². The van der Waals surface area contributed by atoms with Crippen LogP contribution in [0.5, 0.6) is 5.75 Å². The number of esters is 3. The van der Waals surface area contributed by atoms with Crippen LogP contribution in [0.1, 0.15) is 18.9 Å². The quantitative estimate of drug-likeness (QED) is 0.381. The highest BCUT2D eigenvalue weighted by atomic mass is 16.6. The number of hydrogen-bond acceptors (Lipinski definition) is 7. The van der Waals surface area contributed by atoms with Crippen LogP contribution in [0.25, 0.3) is 0 Å². The summed E-state index contributed by atoms with van der Waals surface area (Å²) in [6, 6.07) is 6.82. The Bertz CT molecular complexity index is 619. The average molecular weight is 350 g/mol. The Balaban J connectivity index is 2.46. The van der Waals surface area contributed by atoms with Gasteiger partial charge in [-0.3, -0.25) is 4.79 Å². The predicted octanol–water partition coefficient (Wildman–Crippen LogP) is 1.83. The number of carbonyl (C=O) groups excluding carboxylic acids is 3. The number of rotatable bonds is 9. The van der Waals surface area contributed by atoms with E-state index >= 15 is 0 Å². The summed E-state index contributed by atoms with van der Waals surface area (Å²) in [5.41, 5.74) is 0.939. The maximum Gasteiger partial charge on any atom is 0.343 e. The molecule has 7 nitrogen and oxygen atoms in total. The van der Waals surface area contributed by atoms with Gasteiger partial charge in [0, 0.05) is 19.1 Å². The fourth-order valence-electron chi connectivity index (χ4n) is 1.84. The molecule has 0 amide bonds. The van der Waals surface area contributed by atoms with Gasteiger partial charge in [0.15, 0.2) is 6.10 Å². The van der Waals surface area contributed by atoms with E-state index in [0.29, 0.717) is 11.3 Å². The Morgan fingerprint density at radius 3 is 2.28 bits per heavy atom. The first-order valence-corrected chi connectivity index (χ1v) is 7.60. The molecule has 0 aliphatic carbocycles. The van der Waals surface area contributed by atoms with Crippen molar-refractivity contribution >= 4 is 17.9 Å². The van der Waals surface area contributed by atoms with E-state index in [1.165, 1.54) is 14.0 Å². The number of methoxy groups -OCH3 is 2. The Labute approximate surface area is 146 Å². The van der Waals surface area contributed by atoms with E-state index < -0.39 is 24.0 Å². The maximum atomic E-state index is 11.9. The van der Waals surface area contributed by atoms with Crippen molar-refractivity contribution in [1.29, 1.82) is 0 Å². The molecule has 1 aromatic rings. The second-order valence-corrected chi connectivity index (χ2v) is 5.25. The second-order valence-electron chi connectivity index (χ2n) is 5.25. The predicted molar refractivity (Wildman–Crippen MR) is 89.0 cm³/mol. The van der Waals surface area contributed by atoms with E-state index in [1.807, 2.05) is 0 Å². The van der Waals surface area contributed by atoms with E-state index in [2.05, 4.69) is 6.58 Å². The van der Waals surface area contributed by atoms with Crippen molar-refractivity contribution in [2.24, 2.45) is 0 Å². The van der Waals surface area contributed by atoms with Crippen LogP contribution in [-0.4, -0.2) is 44.8 Å². The van der Waals surface area contributed by atoms with E-state index in [9.17, 15) is 14.4 Å². The molecule has 0 fully saturated rings. The molecule has 25 heavy (non-hydrogen) atoms. The van der Waals surface area contributed by atoms with Gasteiger partial charge in [-0.05, 0) is 24.6 Å². The molecular formula is C18H22O7. The molecule has 136 valence electrons. The molecule has 0 heterocycles. The summed E-state index contributed by atoms with van der Waals surface area (Å²) in [6.07, 6.45) is -0.987. The summed E-state index contributed by atoms with van der Waals surface area (Å²) >= 11 is 0. The minimum atomic E-state index is -1.00. The number of carbonyl (C=O) groups is 3. The minimum Gasteiger partial charge on any atom is -0.497 e. The van der Waals surface area contributed by atoms with Gasteiger partial charge in [0.05, 0.1) is 20.1 Å². The Kier molecular flexibility index (Phi) is 8.35. The van der Waals surface area contributed by atoms with Crippen molar-refractivity contribution < 1.29 is 33.3 Å². The Hall–Kier alpha value is -2.67. The van der Waals surface area contributed by atoms with Gasteiger partial charge in [-0.1, -0.05) is 18.7 Å². The zero-order chi connectivity index (χ0) is 18.8. The lowest BCUT2D eigenvalue weighted by Crippen LogP contribution is -2.30. The van der Waals surface area contributed by atoms with Gasteiger partial charge in [0.25, 0.3) is 0 Å². The van der Waals surface area contributed by atoms with Crippen molar-refractivity contribution in [1.82, 2.24) is 0 Å². The first-order valence-electron chi connectivity index (χ1n) is 7.60. The van der Waals surface area contributed by atoms with Gasteiger partial charge in [-0.2, -0.15) is 0 Å². The summed E-state index contributed by atoms with van der Waals surface area (Å²) in [7, 11) is 2.85. The van der Waals surface area contributed by atoms with Crippen LogP contribution in [0.15, 0.2) is 36.4 Å². The summed E-state index contributed by atoms with van der Waals surface area (Å²) in [6.45, 7) is 4.91. The lowest BCUT2D eigenvalue weighted by Gasteiger charge is -2.13. The topological polar surface area (TPSA) is 88.1 Å². The number of ether oxygens (including phenoxy) is 4. The normalized spacial score (nSPS) is 11.3.